The summed E-state index contributed by atoms with van der Waals surface area (Å²) in [5, 5.41) is 0. The molecule has 1 aliphatic rings. The first kappa shape index (κ1) is 8.79. The summed E-state index contributed by atoms with van der Waals surface area (Å²) in [5.41, 5.74) is 0. The zero-order valence-corrected chi connectivity index (χ0v) is 7.38. The van der Waals surface area contributed by atoms with Crippen LogP contribution in [0.5, 0.6) is 0 Å². The molecule has 1 saturated heterocycles. The molecule has 11 heavy (non-hydrogen) atoms. The summed E-state index contributed by atoms with van der Waals surface area (Å²) in [7, 11) is 0. The highest BCUT2D eigenvalue weighted by molar-refractivity contribution is 4.95. The van der Waals surface area contributed by atoms with Gasteiger partial charge in [0.25, 0.3) is 0 Å². The van der Waals surface area contributed by atoms with Crippen LogP contribution in [0, 0.1) is 0 Å². The normalized spacial score (nSPS) is 22.8. The van der Waals surface area contributed by atoms with E-state index < -0.39 is 0 Å². The van der Waals surface area contributed by atoms with Crippen molar-refractivity contribution in [2.75, 3.05) is 6.61 Å². The van der Waals surface area contributed by atoms with E-state index in [0.29, 0.717) is 6.10 Å². The van der Waals surface area contributed by atoms with Crippen LogP contribution in [0.25, 0.3) is 0 Å². The smallest absolute Gasteiger partial charge is 0.0991 e. The summed E-state index contributed by atoms with van der Waals surface area (Å²) < 4.78 is 5.05. The van der Waals surface area contributed by atoms with E-state index in [-0.39, 0.29) is 0 Å². The molecule has 1 heterocycles. The Morgan fingerprint density at radius 3 is 2.82 bits per heavy atom. The average molecular weight is 154 g/mol. The molecule has 0 spiro atoms. The lowest BCUT2D eigenvalue weighted by molar-refractivity contribution is 0.439. The molecule has 0 aromatic heterocycles. The molecule has 0 bridgehead atoms. The molecular formula is C10H18O. The van der Waals surface area contributed by atoms with Crippen molar-refractivity contribution in [1.82, 2.24) is 0 Å². The van der Waals surface area contributed by atoms with E-state index in [1.54, 1.807) is 0 Å². The highest BCUT2D eigenvalue weighted by Gasteiger charge is 2.17. The van der Waals surface area contributed by atoms with Gasteiger partial charge in [-0.15, -0.1) is 0 Å². The van der Waals surface area contributed by atoms with E-state index in [0.717, 1.165) is 6.61 Å². The van der Waals surface area contributed by atoms with Gasteiger partial charge in [-0.1, -0.05) is 38.3 Å². The molecule has 0 amide bonds. The Morgan fingerprint density at radius 2 is 2.18 bits per heavy atom. The van der Waals surface area contributed by atoms with Gasteiger partial charge < -0.3 is 4.74 Å². The van der Waals surface area contributed by atoms with Gasteiger partial charge in [0.05, 0.1) is 12.7 Å². The number of unbranched alkanes of at least 4 members (excludes halogenated alkanes) is 4. The number of epoxide rings is 1. The summed E-state index contributed by atoms with van der Waals surface area (Å²) in [4.78, 5) is 0. The van der Waals surface area contributed by atoms with Gasteiger partial charge in [-0.05, 0) is 12.8 Å². The molecule has 1 heteroatoms. The third-order valence-electron chi connectivity index (χ3n) is 1.93. The monoisotopic (exact) mass is 154 g/mol. The van der Waals surface area contributed by atoms with E-state index in [4.69, 9.17) is 4.74 Å². The summed E-state index contributed by atoms with van der Waals surface area (Å²) in [5.74, 6) is 0. The zero-order chi connectivity index (χ0) is 7.94. The Balaban J connectivity index is 1.79. The fourth-order valence-corrected chi connectivity index (χ4v) is 1.10. The minimum Gasteiger partial charge on any atom is -0.369 e. The summed E-state index contributed by atoms with van der Waals surface area (Å²) >= 11 is 0. The average Bonchev–Trinajstić information content (AvgIpc) is 2.80. The maximum atomic E-state index is 5.05. The number of ether oxygens (including phenoxy) is 1. The van der Waals surface area contributed by atoms with Gasteiger partial charge >= 0.3 is 0 Å². The molecule has 0 N–H and O–H groups in total. The van der Waals surface area contributed by atoms with E-state index in [1.807, 2.05) is 0 Å². The van der Waals surface area contributed by atoms with Crippen LogP contribution in [-0.4, -0.2) is 12.7 Å². The second-order valence-electron chi connectivity index (χ2n) is 3.15. The van der Waals surface area contributed by atoms with Crippen LogP contribution >= 0.6 is 0 Å². The highest BCUT2D eigenvalue weighted by Crippen LogP contribution is 2.11. The lowest BCUT2D eigenvalue weighted by Gasteiger charge is -1.92. The molecule has 1 atom stereocenters. The summed E-state index contributed by atoms with van der Waals surface area (Å²) in [6, 6.07) is 0. The Morgan fingerprint density at radius 1 is 1.36 bits per heavy atom. The lowest BCUT2D eigenvalue weighted by Crippen LogP contribution is -1.76. The Kier molecular flexibility index (Phi) is 4.29. The van der Waals surface area contributed by atoms with Gasteiger partial charge in [-0.2, -0.15) is 0 Å². The second kappa shape index (κ2) is 5.36. The van der Waals surface area contributed by atoms with Crippen LogP contribution < -0.4 is 0 Å². The Labute approximate surface area is 69.4 Å². The Bertz CT molecular complexity index is 114. The first-order chi connectivity index (χ1) is 5.43. The van der Waals surface area contributed by atoms with E-state index in [2.05, 4.69) is 19.1 Å². The van der Waals surface area contributed by atoms with Gasteiger partial charge in [0, 0.05) is 0 Å². The van der Waals surface area contributed by atoms with Crippen LogP contribution in [0.2, 0.25) is 0 Å². The predicted molar refractivity (Wildman–Crippen MR) is 47.6 cm³/mol. The van der Waals surface area contributed by atoms with Crippen molar-refractivity contribution >= 4 is 0 Å². The summed E-state index contributed by atoms with van der Waals surface area (Å²) in [6.45, 7) is 3.19. The third kappa shape index (κ3) is 5.02. The second-order valence-corrected chi connectivity index (χ2v) is 3.15. The maximum Gasteiger partial charge on any atom is 0.0991 e. The molecule has 1 aliphatic heterocycles. The highest BCUT2D eigenvalue weighted by atomic mass is 16.6. The number of allylic oxidation sites excluding steroid dienone is 1. The molecule has 0 aliphatic carbocycles. The molecule has 1 fully saturated rings. The fraction of sp³-hybridized carbons (Fsp3) is 0.800. The molecule has 0 saturated carbocycles. The van der Waals surface area contributed by atoms with Crippen molar-refractivity contribution < 1.29 is 4.74 Å². The quantitative estimate of drug-likeness (QED) is 0.325. The van der Waals surface area contributed by atoms with Crippen molar-refractivity contribution in [1.29, 1.82) is 0 Å². The van der Waals surface area contributed by atoms with Gasteiger partial charge in [-0.3, -0.25) is 0 Å². The van der Waals surface area contributed by atoms with Crippen molar-refractivity contribution in [3.63, 3.8) is 0 Å². The SMILES string of the molecule is CCCCCCC=CC1CO1. The molecular weight excluding hydrogens is 136 g/mol. The van der Waals surface area contributed by atoms with Crippen molar-refractivity contribution in [3.05, 3.63) is 12.2 Å². The van der Waals surface area contributed by atoms with Crippen molar-refractivity contribution in [2.24, 2.45) is 0 Å². The summed E-state index contributed by atoms with van der Waals surface area (Å²) in [6.07, 6.45) is 11.6. The first-order valence-electron chi connectivity index (χ1n) is 4.71. The minimum absolute atomic E-state index is 0.473. The molecule has 1 unspecified atom stereocenters. The van der Waals surface area contributed by atoms with Crippen molar-refractivity contribution in [3.8, 4) is 0 Å². The van der Waals surface area contributed by atoms with E-state index >= 15 is 0 Å². The van der Waals surface area contributed by atoms with Crippen molar-refractivity contribution in [2.45, 2.75) is 45.1 Å². The van der Waals surface area contributed by atoms with E-state index in [1.165, 1.54) is 32.1 Å². The van der Waals surface area contributed by atoms with Gasteiger partial charge in [0.1, 0.15) is 0 Å². The largest absolute Gasteiger partial charge is 0.369 e. The molecule has 0 aromatic carbocycles. The van der Waals surface area contributed by atoms with Crippen LogP contribution in [0.4, 0.5) is 0 Å². The lowest BCUT2D eigenvalue weighted by atomic mass is 10.1. The third-order valence-corrected chi connectivity index (χ3v) is 1.93. The fourth-order valence-electron chi connectivity index (χ4n) is 1.10. The molecule has 1 rings (SSSR count). The standard InChI is InChI=1S/C10H18O/c1-2-3-4-5-6-7-8-10-9-11-10/h7-8,10H,2-6,9H2,1H3. The van der Waals surface area contributed by atoms with Gasteiger partial charge in [0.15, 0.2) is 0 Å². The van der Waals surface area contributed by atoms with Gasteiger partial charge in [0.2, 0.25) is 0 Å². The predicted octanol–water partition coefficient (Wildman–Crippen LogP) is 2.91. The van der Waals surface area contributed by atoms with E-state index in [9.17, 15) is 0 Å². The van der Waals surface area contributed by atoms with Gasteiger partial charge in [-0.25, -0.2) is 0 Å². The number of hydrogen-bond donors (Lipinski definition) is 0. The molecule has 0 radical (unpaired) electrons. The molecule has 64 valence electrons. The maximum absolute atomic E-state index is 5.05. The number of rotatable bonds is 6. The topological polar surface area (TPSA) is 12.5 Å². The number of hydrogen-bond acceptors (Lipinski definition) is 1. The van der Waals surface area contributed by atoms with Crippen LogP contribution in [-0.2, 0) is 4.74 Å². The minimum atomic E-state index is 0.473. The molecule has 1 nitrogen and oxygen atoms in total. The van der Waals surface area contributed by atoms with Crippen LogP contribution in [0.15, 0.2) is 12.2 Å². The Hall–Kier alpha value is -0.300. The van der Waals surface area contributed by atoms with Crippen LogP contribution in [0.3, 0.4) is 0 Å². The zero-order valence-electron chi connectivity index (χ0n) is 7.38. The first-order valence-corrected chi connectivity index (χ1v) is 4.71. The molecule has 0 aromatic rings. The van der Waals surface area contributed by atoms with Crippen LogP contribution in [0.1, 0.15) is 39.0 Å².